The van der Waals surface area contributed by atoms with Gasteiger partial charge in [-0.05, 0) is 24.6 Å². The van der Waals surface area contributed by atoms with E-state index in [1.54, 1.807) is 11.0 Å². The molecular weight excluding hydrogens is 193 g/mol. The Kier molecular flexibility index (Phi) is 2.38. The van der Waals surface area contributed by atoms with Crippen molar-refractivity contribution in [3.63, 3.8) is 0 Å². The molecule has 2 rings (SSSR count). The number of nitrogens with zero attached hydrogens (tertiary/aromatic N) is 2. The fourth-order valence-electron chi connectivity index (χ4n) is 1.77. The van der Waals surface area contributed by atoms with Gasteiger partial charge in [-0.3, -0.25) is 5.41 Å². The highest BCUT2D eigenvalue weighted by atomic mass is 19.1. The van der Waals surface area contributed by atoms with Crippen LogP contribution in [0.25, 0.3) is 0 Å². The normalized spacial score (nSPS) is 15.5. The van der Waals surface area contributed by atoms with Crippen molar-refractivity contribution >= 4 is 11.5 Å². The molecule has 1 N–H and O–H groups in total. The lowest BCUT2D eigenvalue weighted by molar-refractivity contribution is 0.627. The highest BCUT2D eigenvalue weighted by molar-refractivity contribution is 5.98. The lowest BCUT2D eigenvalue weighted by Crippen LogP contribution is -2.24. The van der Waals surface area contributed by atoms with Gasteiger partial charge in [-0.1, -0.05) is 0 Å². The van der Waals surface area contributed by atoms with Crippen molar-refractivity contribution in [2.75, 3.05) is 11.4 Å². The predicted octanol–water partition coefficient (Wildman–Crippen LogP) is 2.27. The summed E-state index contributed by atoms with van der Waals surface area (Å²) in [6.07, 6.45) is 1.64. The molecule has 0 radical (unpaired) electrons. The Bertz CT molecular complexity index is 448. The zero-order valence-electron chi connectivity index (χ0n) is 8.13. The van der Waals surface area contributed by atoms with E-state index in [0.717, 1.165) is 19.4 Å². The summed E-state index contributed by atoms with van der Waals surface area (Å²) in [6.45, 7) is 0.735. The van der Waals surface area contributed by atoms with Gasteiger partial charge in [0, 0.05) is 13.0 Å². The van der Waals surface area contributed by atoms with Gasteiger partial charge in [0.1, 0.15) is 17.7 Å². The van der Waals surface area contributed by atoms with Gasteiger partial charge < -0.3 is 4.90 Å². The van der Waals surface area contributed by atoms with E-state index in [4.69, 9.17) is 10.7 Å². The molecule has 0 spiro atoms. The maximum Gasteiger partial charge on any atom is 0.124 e. The second-order valence-electron chi connectivity index (χ2n) is 3.48. The Labute approximate surface area is 87.3 Å². The second kappa shape index (κ2) is 3.70. The third-order valence-corrected chi connectivity index (χ3v) is 2.49. The molecule has 3 nitrogen and oxygen atoms in total. The van der Waals surface area contributed by atoms with Crippen LogP contribution in [0.15, 0.2) is 18.2 Å². The summed E-state index contributed by atoms with van der Waals surface area (Å²) >= 11 is 0. The third-order valence-electron chi connectivity index (χ3n) is 2.49. The Morgan fingerprint density at radius 1 is 1.47 bits per heavy atom. The van der Waals surface area contributed by atoms with Crippen molar-refractivity contribution in [1.82, 2.24) is 0 Å². The molecule has 0 aliphatic carbocycles. The molecule has 1 aliphatic rings. The molecule has 4 heteroatoms. The van der Waals surface area contributed by atoms with E-state index in [1.165, 1.54) is 12.1 Å². The molecule has 0 amide bonds. The summed E-state index contributed by atoms with van der Waals surface area (Å²) in [5, 5.41) is 16.6. The summed E-state index contributed by atoms with van der Waals surface area (Å²) in [6, 6.07) is 6.05. The Balaban J connectivity index is 2.44. The van der Waals surface area contributed by atoms with Gasteiger partial charge in [-0.15, -0.1) is 0 Å². The van der Waals surface area contributed by atoms with Crippen molar-refractivity contribution in [1.29, 1.82) is 10.7 Å². The van der Waals surface area contributed by atoms with Crippen molar-refractivity contribution in [2.24, 2.45) is 0 Å². The van der Waals surface area contributed by atoms with E-state index in [0.29, 0.717) is 17.1 Å². The quantitative estimate of drug-likeness (QED) is 0.761. The fraction of sp³-hybridized carbons (Fsp3) is 0.273. The SMILES string of the molecule is N#Cc1cc(F)ccc1N1CCCC1=N. The van der Waals surface area contributed by atoms with E-state index in [2.05, 4.69) is 0 Å². The van der Waals surface area contributed by atoms with Crippen molar-refractivity contribution in [2.45, 2.75) is 12.8 Å². The summed E-state index contributed by atoms with van der Waals surface area (Å²) in [5.41, 5.74) is 0.933. The summed E-state index contributed by atoms with van der Waals surface area (Å²) < 4.78 is 12.9. The van der Waals surface area contributed by atoms with Gasteiger partial charge in [-0.2, -0.15) is 5.26 Å². The summed E-state index contributed by atoms with van der Waals surface area (Å²) in [7, 11) is 0. The van der Waals surface area contributed by atoms with E-state index >= 15 is 0 Å². The third kappa shape index (κ3) is 1.68. The Morgan fingerprint density at radius 3 is 2.87 bits per heavy atom. The number of amidine groups is 1. The topological polar surface area (TPSA) is 50.9 Å². The highest BCUT2D eigenvalue weighted by Crippen LogP contribution is 2.25. The summed E-state index contributed by atoms with van der Waals surface area (Å²) in [5.74, 6) is 0.0825. The number of halogens is 1. The molecule has 1 heterocycles. The molecular formula is C11H10FN3. The molecule has 15 heavy (non-hydrogen) atoms. The van der Waals surface area contributed by atoms with Crippen LogP contribution in [0.2, 0.25) is 0 Å². The van der Waals surface area contributed by atoms with Gasteiger partial charge in [0.2, 0.25) is 0 Å². The molecule has 1 aromatic rings. The molecule has 1 fully saturated rings. The lowest BCUT2D eigenvalue weighted by atomic mass is 10.1. The Morgan fingerprint density at radius 2 is 2.27 bits per heavy atom. The first-order valence-electron chi connectivity index (χ1n) is 4.77. The first-order valence-corrected chi connectivity index (χ1v) is 4.77. The number of hydrogen-bond donors (Lipinski definition) is 1. The second-order valence-corrected chi connectivity index (χ2v) is 3.48. The average Bonchev–Trinajstić information content (AvgIpc) is 2.64. The number of anilines is 1. The van der Waals surface area contributed by atoms with Crippen LogP contribution in [0.5, 0.6) is 0 Å². The van der Waals surface area contributed by atoms with Crippen molar-refractivity contribution < 1.29 is 4.39 Å². The minimum atomic E-state index is -0.416. The zero-order valence-corrected chi connectivity index (χ0v) is 8.13. The molecule has 0 atom stereocenters. The zero-order chi connectivity index (χ0) is 10.8. The monoisotopic (exact) mass is 203 g/mol. The van der Waals surface area contributed by atoms with Crippen LogP contribution in [0.1, 0.15) is 18.4 Å². The largest absolute Gasteiger partial charge is 0.329 e. The maximum absolute atomic E-state index is 12.9. The van der Waals surface area contributed by atoms with Crippen LogP contribution in [-0.2, 0) is 0 Å². The smallest absolute Gasteiger partial charge is 0.124 e. The molecule has 0 unspecified atom stereocenters. The van der Waals surface area contributed by atoms with Crippen LogP contribution in [0.3, 0.4) is 0 Å². The number of hydrogen-bond acceptors (Lipinski definition) is 2. The molecule has 0 aromatic heterocycles. The van der Waals surface area contributed by atoms with Gasteiger partial charge in [0.15, 0.2) is 0 Å². The van der Waals surface area contributed by atoms with E-state index < -0.39 is 5.82 Å². The first kappa shape index (κ1) is 9.66. The molecule has 76 valence electrons. The van der Waals surface area contributed by atoms with Gasteiger partial charge in [0.05, 0.1) is 11.3 Å². The number of nitrogens with one attached hydrogen (secondary N) is 1. The lowest BCUT2D eigenvalue weighted by Gasteiger charge is -2.18. The molecule has 0 bridgehead atoms. The van der Waals surface area contributed by atoms with E-state index in [9.17, 15) is 4.39 Å². The van der Waals surface area contributed by atoms with Crippen molar-refractivity contribution in [3.05, 3.63) is 29.6 Å². The van der Waals surface area contributed by atoms with Crippen LogP contribution in [0, 0.1) is 22.6 Å². The molecule has 1 aliphatic heterocycles. The van der Waals surface area contributed by atoms with Gasteiger partial charge in [-0.25, -0.2) is 4.39 Å². The molecule has 1 aromatic carbocycles. The number of nitriles is 1. The molecule has 0 saturated carbocycles. The summed E-state index contributed by atoms with van der Waals surface area (Å²) in [4.78, 5) is 1.76. The molecule has 1 saturated heterocycles. The van der Waals surface area contributed by atoms with Crippen LogP contribution in [0.4, 0.5) is 10.1 Å². The average molecular weight is 203 g/mol. The predicted molar refractivity (Wildman–Crippen MR) is 55.4 cm³/mol. The highest BCUT2D eigenvalue weighted by Gasteiger charge is 2.21. The minimum absolute atomic E-state index is 0.293. The van der Waals surface area contributed by atoms with E-state index in [1.807, 2.05) is 6.07 Å². The van der Waals surface area contributed by atoms with Gasteiger partial charge >= 0.3 is 0 Å². The maximum atomic E-state index is 12.9. The van der Waals surface area contributed by atoms with E-state index in [-0.39, 0.29) is 0 Å². The fourth-order valence-corrected chi connectivity index (χ4v) is 1.77. The number of rotatable bonds is 1. The van der Waals surface area contributed by atoms with Crippen LogP contribution < -0.4 is 4.90 Å². The van der Waals surface area contributed by atoms with Gasteiger partial charge in [0.25, 0.3) is 0 Å². The first-order chi connectivity index (χ1) is 7.22. The number of benzene rings is 1. The minimum Gasteiger partial charge on any atom is -0.329 e. The standard InChI is InChI=1S/C11H10FN3/c12-9-3-4-10(8(6-9)7-13)15-5-1-2-11(15)14/h3-4,6,14H,1-2,5H2. The Hall–Kier alpha value is -1.89. The van der Waals surface area contributed by atoms with Crippen LogP contribution in [-0.4, -0.2) is 12.4 Å². The van der Waals surface area contributed by atoms with Crippen molar-refractivity contribution in [3.8, 4) is 6.07 Å². The van der Waals surface area contributed by atoms with Crippen LogP contribution >= 0.6 is 0 Å².